The van der Waals surface area contributed by atoms with Gasteiger partial charge in [0, 0.05) is 51.9 Å². The lowest BCUT2D eigenvalue weighted by Gasteiger charge is -2.26. The van der Waals surface area contributed by atoms with E-state index in [1.807, 2.05) is 0 Å². The number of aromatic nitrogens is 3. The lowest BCUT2D eigenvalue weighted by atomic mass is 10.1. The van der Waals surface area contributed by atoms with E-state index in [-0.39, 0.29) is 34.4 Å². The number of pyridine rings is 3. The van der Waals surface area contributed by atoms with Crippen molar-refractivity contribution in [1.29, 1.82) is 0 Å². The molecule has 0 saturated heterocycles. The van der Waals surface area contributed by atoms with Crippen molar-refractivity contribution in [3.05, 3.63) is 96.1 Å². The van der Waals surface area contributed by atoms with Crippen LogP contribution in [0.1, 0.15) is 31.5 Å². The summed E-state index contributed by atoms with van der Waals surface area (Å²) in [6.45, 7) is 0. The molecule has 0 aliphatic heterocycles. The van der Waals surface area contributed by atoms with Gasteiger partial charge in [-0.3, -0.25) is 29.3 Å². The summed E-state index contributed by atoms with van der Waals surface area (Å²) < 4.78 is 21.5. The standard InChI is InChI=1S/C27H24FN7O4/c1-29-25(36)21-12-16(6-9-32-21)35(17-7-10-33-22(13-17)26(37)30-2)24-5-4-18(14-20(24)28)39-19-8-11-34-23(15-19)27(38)31-3/h4-15H,1-3H3,(H,29,36)(H,30,37)(H,31,38). The predicted octanol–water partition coefficient (Wildman–Crippen LogP) is 3.35. The number of amides is 3. The average molecular weight is 530 g/mol. The fourth-order valence-electron chi connectivity index (χ4n) is 3.64. The molecule has 3 amide bonds. The van der Waals surface area contributed by atoms with Gasteiger partial charge in [-0.15, -0.1) is 0 Å². The number of rotatable bonds is 8. The van der Waals surface area contributed by atoms with Crippen LogP contribution in [0.25, 0.3) is 0 Å². The second kappa shape index (κ2) is 11.8. The first-order valence-electron chi connectivity index (χ1n) is 11.7. The van der Waals surface area contributed by atoms with E-state index in [2.05, 4.69) is 30.9 Å². The number of hydrogen-bond acceptors (Lipinski definition) is 8. The third-order valence-corrected chi connectivity index (χ3v) is 5.51. The number of nitrogens with zero attached hydrogens (tertiary/aromatic N) is 4. The van der Waals surface area contributed by atoms with Crippen LogP contribution in [0, 0.1) is 5.82 Å². The Bertz CT molecular complexity index is 1490. The van der Waals surface area contributed by atoms with E-state index in [1.54, 1.807) is 24.3 Å². The third kappa shape index (κ3) is 5.96. The molecule has 3 aromatic heterocycles. The maximum absolute atomic E-state index is 15.7. The molecule has 0 saturated carbocycles. The number of carbonyl (C=O) groups is 3. The minimum absolute atomic E-state index is 0.103. The molecular weight excluding hydrogens is 505 g/mol. The third-order valence-electron chi connectivity index (χ3n) is 5.51. The van der Waals surface area contributed by atoms with E-state index in [9.17, 15) is 14.4 Å². The molecule has 0 aliphatic carbocycles. The second-order valence-electron chi connectivity index (χ2n) is 7.96. The van der Waals surface area contributed by atoms with Gasteiger partial charge in [-0.1, -0.05) is 0 Å². The normalized spacial score (nSPS) is 10.4. The molecule has 0 fully saturated rings. The summed E-state index contributed by atoms with van der Waals surface area (Å²) in [5, 5.41) is 7.50. The summed E-state index contributed by atoms with van der Waals surface area (Å²) in [4.78, 5) is 50.0. The highest BCUT2D eigenvalue weighted by Crippen LogP contribution is 2.38. The van der Waals surface area contributed by atoms with E-state index in [4.69, 9.17) is 4.74 Å². The van der Waals surface area contributed by atoms with E-state index in [0.717, 1.165) is 0 Å². The van der Waals surface area contributed by atoms with Crippen LogP contribution >= 0.6 is 0 Å². The van der Waals surface area contributed by atoms with Gasteiger partial charge in [0.15, 0.2) is 5.82 Å². The molecule has 4 aromatic rings. The van der Waals surface area contributed by atoms with E-state index < -0.39 is 17.6 Å². The first-order chi connectivity index (χ1) is 18.8. The van der Waals surface area contributed by atoms with Crippen molar-refractivity contribution in [3.8, 4) is 11.5 Å². The Kier molecular flexibility index (Phi) is 8.05. The second-order valence-corrected chi connectivity index (χ2v) is 7.96. The molecular formula is C27H24FN7O4. The van der Waals surface area contributed by atoms with Crippen molar-refractivity contribution in [2.45, 2.75) is 0 Å². The Morgan fingerprint density at radius 3 is 1.62 bits per heavy atom. The fourth-order valence-corrected chi connectivity index (χ4v) is 3.64. The van der Waals surface area contributed by atoms with Crippen LogP contribution in [-0.2, 0) is 0 Å². The van der Waals surface area contributed by atoms with E-state index >= 15 is 4.39 Å². The lowest BCUT2D eigenvalue weighted by molar-refractivity contribution is 0.0950. The molecule has 0 spiro atoms. The summed E-state index contributed by atoms with van der Waals surface area (Å²) in [5.41, 5.74) is 1.30. The lowest BCUT2D eigenvalue weighted by Crippen LogP contribution is -2.21. The van der Waals surface area contributed by atoms with Crippen molar-refractivity contribution in [2.24, 2.45) is 0 Å². The highest BCUT2D eigenvalue weighted by Gasteiger charge is 2.20. The molecule has 198 valence electrons. The van der Waals surface area contributed by atoms with Crippen molar-refractivity contribution >= 4 is 34.8 Å². The zero-order valence-electron chi connectivity index (χ0n) is 21.2. The molecule has 12 heteroatoms. The molecule has 39 heavy (non-hydrogen) atoms. The number of carbonyl (C=O) groups excluding carboxylic acids is 3. The van der Waals surface area contributed by atoms with Gasteiger partial charge >= 0.3 is 0 Å². The molecule has 11 nitrogen and oxygen atoms in total. The van der Waals surface area contributed by atoms with Gasteiger partial charge in [0.2, 0.25) is 0 Å². The number of ether oxygens (including phenoxy) is 1. The van der Waals surface area contributed by atoms with Gasteiger partial charge in [-0.05, 0) is 42.5 Å². The summed E-state index contributed by atoms with van der Waals surface area (Å²) in [7, 11) is 4.44. The van der Waals surface area contributed by atoms with E-state index in [1.165, 1.54) is 75.0 Å². The van der Waals surface area contributed by atoms with Crippen molar-refractivity contribution in [1.82, 2.24) is 30.9 Å². The molecule has 0 unspecified atom stereocenters. The van der Waals surface area contributed by atoms with Gasteiger partial charge < -0.3 is 25.6 Å². The molecule has 3 heterocycles. The minimum atomic E-state index is -0.662. The first-order valence-corrected chi connectivity index (χ1v) is 11.7. The molecule has 0 radical (unpaired) electrons. The van der Waals surface area contributed by atoms with Crippen LogP contribution < -0.4 is 25.6 Å². The van der Waals surface area contributed by atoms with Crippen molar-refractivity contribution < 1.29 is 23.5 Å². The topological polar surface area (TPSA) is 138 Å². The molecule has 0 aliphatic rings. The Balaban J connectivity index is 1.77. The number of benzene rings is 1. The van der Waals surface area contributed by atoms with Crippen LogP contribution in [-0.4, -0.2) is 53.8 Å². The summed E-state index contributed by atoms with van der Waals surface area (Å²) in [6.07, 6.45) is 4.26. The molecule has 3 N–H and O–H groups in total. The van der Waals surface area contributed by atoms with E-state index in [0.29, 0.717) is 17.1 Å². The maximum atomic E-state index is 15.7. The van der Waals surface area contributed by atoms with Gasteiger partial charge in [-0.2, -0.15) is 0 Å². The summed E-state index contributed by atoms with van der Waals surface area (Å²) in [6, 6.07) is 13.4. The highest BCUT2D eigenvalue weighted by molar-refractivity contribution is 5.95. The molecule has 0 bridgehead atoms. The zero-order valence-corrected chi connectivity index (χ0v) is 21.2. The zero-order chi connectivity index (χ0) is 27.9. The quantitative estimate of drug-likeness (QED) is 0.316. The number of halogens is 1. The van der Waals surface area contributed by atoms with Crippen molar-refractivity contribution in [3.63, 3.8) is 0 Å². The number of nitrogens with one attached hydrogen (secondary N) is 3. The summed E-state index contributed by atoms with van der Waals surface area (Å²) in [5.74, 6) is -1.43. The average Bonchev–Trinajstić information content (AvgIpc) is 2.97. The van der Waals surface area contributed by atoms with Crippen molar-refractivity contribution in [2.75, 3.05) is 26.0 Å². The van der Waals surface area contributed by atoms with Crippen LogP contribution in [0.3, 0.4) is 0 Å². The maximum Gasteiger partial charge on any atom is 0.269 e. The number of hydrogen-bond donors (Lipinski definition) is 3. The largest absolute Gasteiger partial charge is 0.457 e. The smallest absolute Gasteiger partial charge is 0.269 e. The van der Waals surface area contributed by atoms with Gasteiger partial charge in [-0.25, -0.2) is 4.39 Å². The Morgan fingerprint density at radius 2 is 1.13 bits per heavy atom. The van der Waals surface area contributed by atoms with Gasteiger partial charge in [0.05, 0.1) is 17.1 Å². The van der Waals surface area contributed by atoms with Gasteiger partial charge in [0.25, 0.3) is 17.7 Å². The SMILES string of the molecule is CNC(=O)c1cc(Oc2ccc(N(c3ccnc(C(=O)NC)c3)c3ccnc(C(=O)NC)c3)c(F)c2)ccn1. The van der Waals surface area contributed by atoms with Crippen LogP contribution in [0.4, 0.5) is 21.5 Å². The Hall–Kier alpha value is -5.39. The number of anilines is 3. The molecule has 1 aromatic carbocycles. The van der Waals surface area contributed by atoms with Crippen LogP contribution in [0.15, 0.2) is 73.2 Å². The first kappa shape index (κ1) is 26.7. The highest BCUT2D eigenvalue weighted by atomic mass is 19.1. The van der Waals surface area contributed by atoms with Crippen LogP contribution in [0.2, 0.25) is 0 Å². The monoisotopic (exact) mass is 529 g/mol. The predicted molar refractivity (Wildman–Crippen MR) is 141 cm³/mol. The Morgan fingerprint density at radius 1 is 0.667 bits per heavy atom. The fraction of sp³-hybridized carbons (Fsp3) is 0.111. The van der Waals surface area contributed by atoms with Crippen LogP contribution in [0.5, 0.6) is 11.5 Å². The molecule has 0 atom stereocenters. The van der Waals surface area contributed by atoms with Gasteiger partial charge in [0.1, 0.15) is 28.6 Å². The summed E-state index contributed by atoms with van der Waals surface area (Å²) >= 11 is 0. The Labute approximate surface area is 223 Å². The molecule has 4 rings (SSSR count). The minimum Gasteiger partial charge on any atom is -0.457 e.